The Bertz CT molecular complexity index is 609. The molecule has 1 unspecified atom stereocenters. The number of nitrogens with zero attached hydrogens (tertiary/aromatic N) is 1. The van der Waals surface area contributed by atoms with E-state index in [-0.39, 0.29) is 5.91 Å². The van der Waals surface area contributed by atoms with E-state index in [1.54, 1.807) is 0 Å². The molecule has 0 aromatic heterocycles. The first-order chi connectivity index (χ1) is 9.75. The highest BCUT2D eigenvalue weighted by atomic mass is 16.1. The summed E-state index contributed by atoms with van der Waals surface area (Å²) in [4.78, 5) is 14.7. The third-order valence-corrected chi connectivity index (χ3v) is 3.88. The molecule has 1 aliphatic heterocycles. The topological polar surface area (TPSA) is 32.3 Å². The van der Waals surface area contributed by atoms with Gasteiger partial charge in [-0.2, -0.15) is 0 Å². The second-order valence-corrected chi connectivity index (χ2v) is 5.19. The van der Waals surface area contributed by atoms with Gasteiger partial charge in [0.2, 0.25) is 0 Å². The molecule has 0 spiro atoms. The summed E-state index contributed by atoms with van der Waals surface area (Å²) >= 11 is 0. The summed E-state index contributed by atoms with van der Waals surface area (Å²) < 4.78 is 0. The quantitative estimate of drug-likeness (QED) is 0.924. The van der Waals surface area contributed by atoms with Crippen molar-refractivity contribution in [1.29, 1.82) is 0 Å². The predicted molar refractivity (Wildman–Crippen MR) is 80.8 cm³/mol. The molecule has 0 saturated carbocycles. The van der Waals surface area contributed by atoms with Crippen LogP contribution in [0.25, 0.3) is 0 Å². The van der Waals surface area contributed by atoms with Crippen molar-refractivity contribution < 1.29 is 4.79 Å². The van der Waals surface area contributed by atoms with Crippen LogP contribution in [0.5, 0.6) is 0 Å². The van der Waals surface area contributed by atoms with Gasteiger partial charge in [-0.05, 0) is 37.2 Å². The van der Waals surface area contributed by atoms with Crippen LogP contribution >= 0.6 is 0 Å². The smallest absolute Gasteiger partial charge is 0.255 e. The highest BCUT2D eigenvalue weighted by Crippen LogP contribution is 2.33. The average molecular weight is 266 g/mol. The number of likely N-dealkylation sites (tertiary alicyclic amines) is 1. The van der Waals surface area contributed by atoms with Gasteiger partial charge in [0.05, 0.1) is 0 Å². The summed E-state index contributed by atoms with van der Waals surface area (Å²) in [5, 5.41) is 2.96. The van der Waals surface area contributed by atoms with Crippen LogP contribution in [-0.2, 0) is 0 Å². The van der Waals surface area contributed by atoms with Crippen LogP contribution in [0.15, 0.2) is 54.6 Å². The van der Waals surface area contributed by atoms with Crippen molar-refractivity contribution in [3.8, 4) is 0 Å². The molecule has 0 aliphatic carbocycles. The number of para-hydroxylation sites is 1. The first kappa shape index (κ1) is 12.9. The minimum atomic E-state index is -0.0351. The van der Waals surface area contributed by atoms with Crippen molar-refractivity contribution in [1.82, 2.24) is 4.90 Å². The monoisotopic (exact) mass is 266 g/mol. The number of hydrogen-bond acceptors (Lipinski definition) is 2. The van der Waals surface area contributed by atoms with Crippen LogP contribution in [0.2, 0.25) is 0 Å². The van der Waals surface area contributed by atoms with Gasteiger partial charge in [0, 0.05) is 23.8 Å². The molecule has 1 N–H and O–H groups in total. The highest BCUT2D eigenvalue weighted by Gasteiger charge is 2.28. The van der Waals surface area contributed by atoms with E-state index < -0.39 is 0 Å². The Labute approximate surface area is 119 Å². The third-order valence-electron chi connectivity index (χ3n) is 3.88. The van der Waals surface area contributed by atoms with Crippen molar-refractivity contribution in [3.05, 3.63) is 65.7 Å². The van der Waals surface area contributed by atoms with Crippen molar-refractivity contribution in [2.24, 2.45) is 0 Å². The zero-order chi connectivity index (χ0) is 13.9. The lowest BCUT2D eigenvalue weighted by molar-refractivity contribution is 0.101. The largest absolute Gasteiger partial charge is 0.322 e. The zero-order valence-electron chi connectivity index (χ0n) is 11.5. The number of carbonyl (C=O) groups excluding carboxylic acids is 1. The molecule has 3 rings (SSSR count). The Hall–Kier alpha value is -2.13. The summed E-state index contributed by atoms with van der Waals surface area (Å²) in [6.07, 6.45) is 1.12. The molecule has 2 aromatic rings. The SMILES string of the molecule is CN1CCC1c1ccccc1C(=O)Nc1ccccc1. The summed E-state index contributed by atoms with van der Waals surface area (Å²) in [6, 6.07) is 17.8. The van der Waals surface area contributed by atoms with E-state index >= 15 is 0 Å². The molecule has 0 bridgehead atoms. The molecule has 1 amide bonds. The van der Waals surface area contributed by atoms with E-state index in [0.29, 0.717) is 6.04 Å². The van der Waals surface area contributed by atoms with Gasteiger partial charge in [-0.1, -0.05) is 36.4 Å². The van der Waals surface area contributed by atoms with Gasteiger partial charge in [0.25, 0.3) is 5.91 Å². The highest BCUT2D eigenvalue weighted by molar-refractivity contribution is 6.05. The summed E-state index contributed by atoms with van der Waals surface area (Å²) in [7, 11) is 2.10. The summed E-state index contributed by atoms with van der Waals surface area (Å²) in [6.45, 7) is 1.10. The van der Waals surface area contributed by atoms with Crippen LogP contribution in [-0.4, -0.2) is 24.4 Å². The molecule has 20 heavy (non-hydrogen) atoms. The van der Waals surface area contributed by atoms with E-state index in [1.807, 2.05) is 48.5 Å². The zero-order valence-corrected chi connectivity index (χ0v) is 11.5. The number of rotatable bonds is 3. The first-order valence-corrected chi connectivity index (χ1v) is 6.91. The van der Waals surface area contributed by atoms with Gasteiger partial charge in [-0.25, -0.2) is 0 Å². The molecule has 1 atom stereocenters. The number of amides is 1. The standard InChI is InChI=1S/C17H18N2O/c1-19-12-11-16(19)14-9-5-6-10-15(14)17(20)18-13-7-3-2-4-8-13/h2-10,16H,11-12H2,1H3,(H,18,20). The van der Waals surface area contributed by atoms with Crippen molar-refractivity contribution >= 4 is 11.6 Å². The Balaban J connectivity index is 1.84. The van der Waals surface area contributed by atoms with Crippen LogP contribution in [0.4, 0.5) is 5.69 Å². The van der Waals surface area contributed by atoms with Gasteiger partial charge in [-0.15, -0.1) is 0 Å². The molecule has 1 saturated heterocycles. The molecule has 1 fully saturated rings. The molecule has 3 nitrogen and oxygen atoms in total. The van der Waals surface area contributed by atoms with Crippen LogP contribution in [0.1, 0.15) is 28.4 Å². The maximum Gasteiger partial charge on any atom is 0.255 e. The molecule has 102 valence electrons. The fraction of sp³-hybridized carbons (Fsp3) is 0.235. The van der Waals surface area contributed by atoms with E-state index in [4.69, 9.17) is 0 Å². The van der Waals surface area contributed by atoms with Crippen molar-refractivity contribution in [3.63, 3.8) is 0 Å². The maximum atomic E-state index is 12.5. The second-order valence-electron chi connectivity index (χ2n) is 5.19. The van der Waals surface area contributed by atoms with Gasteiger partial charge >= 0.3 is 0 Å². The Kier molecular flexibility index (Phi) is 3.52. The van der Waals surface area contributed by atoms with Crippen molar-refractivity contribution in [2.75, 3.05) is 18.9 Å². The fourth-order valence-electron chi connectivity index (χ4n) is 2.62. The van der Waals surface area contributed by atoms with Crippen LogP contribution < -0.4 is 5.32 Å². The normalized spacial score (nSPS) is 18.4. The number of anilines is 1. The lowest BCUT2D eigenvalue weighted by Gasteiger charge is -2.39. The average Bonchev–Trinajstić information content (AvgIpc) is 2.47. The molecule has 1 heterocycles. The van der Waals surface area contributed by atoms with Crippen LogP contribution in [0, 0.1) is 0 Å². The van der Waals surface area contributed by atoms with Gasteiger partial charge in [0.15, 0.2) is 0 Å². The minimum Gasteiger partial charge on any atom is -0.322 e. The number of benzene rings is 2. The molecular weight excluding hydrogens is 248 g/mol. The number of carbonyl (C=O) groups is 1. The van der Waals surface area contributed by atoms with E-state index in [2.05, 4.69) is 23.3 Å². The molecule has 0 radical (unpaired) electrons. The fourth-order valence-corrected chi connectivity index (χ4v) is 2.62. The summed E-state index contributed by atoms with van der Waals surface area (Å²) in [5.41, 5.74) is 2.72. The third kappa shape index (κ3) is 2.45. The van der Waals surface area contributed by atoms with Crippen LogP contribution in [0.3, 0.4) is 0 Å². The number of hydrogen-bond donors (Lipinski definition) is 1. The first-order valence-electron chi connectivity index (χ1n) is 6.91. The number of nitrogens with one attached hydrogen (secondary N) is 1. The lowest BCUT2D eigenvalue weighted by Crippen LogP contribution is -2.38. The lowest BCUT2D eigenvalue weighted by atomic mass is 9.91. The summed E-state index contributed by atoms with van der Waals surface area (Å²) in [5.74, 6) is -0.0351. The Morgan fingerprint density at radius 3 is 2.45 bits per heavy atom. The minimum absolute atomic E-state index is 0.0351. The van der Waals surface area contributed by atoms with E-state index in [0.717, 1.165) is 29.8 Å². The Morgan fingerprint density at radius 2 is 1.80 bits per heavy atom. The molecular formula is C17H18N2O. The van der Waals surface area contributed by atoms with Crippen molar-refractivity contribution in [2.45, 2.75) is 12.5 Å². The van der Waals surface area contributed by atoms with Gasteiger partial charge in [0.1, 0.15) is 0 Å². The maximum absolute atomic E-state index is 12.5. The molecule has 3 heteroatoms. The predicted octanol–water partition coefficient (Wildman–Crippen LogP) is 3.32. The second kappa shape index (κ2) is 5.47. The van der Waals surface area contributed by atoms with E-state index in [9.17, 15) is 4.79 Å². The molecule has 2 aromatic carbocycles. The van der Waals surface area contributed by atoms with Gasteiger partial charge in [-0.3, -0.25) is 9.69 Å². The molecule has 1 aliphatic rings. The van der Waals surface area contributed by atoms with E-state index in [1.165, 1.54) is 0 Å². The van der Waals surface area contributed by atoms with Gasteiger partial charge < -0.3 is 5.32 Å². The Morgan fingerprint density at radius 1 is 1.10 bits per heavy atom.